The lowest BCUT2D eigenvalue weighted by Crippen LogP contribution is -2.51. The Morgan fingerprint density at radius 1 is 0.641 bits per heavy atom. The van der Waals surface area contributed by atoms with Crippen LogP contribution in [0.4, 0.5) is 27.2 Å². The van der Waals surface area contributed by atoms with Crippen LogP contribution in [-0.4, -0.2) is 130 Å². The molecule has 8 rings (SSSR count). The van der Waals surface area contributed by atoms with Gasteiger partial charge in [0.15, 0.2) is 0 Å². The molecule has 2 saturated heterocycles. The van der Waals surface area contributed by atoms with Crippen molar-refractivity contribution in [2.24, 2.45) is 17.6 Å². The van der Waals surface area contributed by atoms with E-state index in [0.29, 0.717) is 10.9 Å². The molecule has 10 atom stereocenters. The van der Waals surface area contributed by atoms with Crippen LogP contribution in [0.2, 0.25) is 0 Å². The molecule has 2 unspecified atom stereocenters. The first-order valence-corrected chi connectivity index (χ1v) is 36.9. The third-order valence-electron chi connectivity index (χ3n) is 15.0. The third-order valence-corrected chi connectivity index (χ3v) is 25.2. The van der Waals surface area contributed by atoms with Crippen molar-refractivity contribution in [3.05, 3.63) is 154 Å². The van der Waals surface area contributed by atoms with Crippen molar-refractivity contribution in [2.45, 2.75) is 149 Å². The summed E-state index contributed by atoms with van der Waals surface area (Å²) in [4.78, 5) is 53.7. The maximum atomic E-state index is 14.7. The summed E-state index contributed by atoms with van der Waals surface area (Å²) in [6.07, 6.45) is -1.21. The largest absolute Gasteiger partial charge is 0.467 e. The summed E-state index contributed by atoms with van der Waals surface area (Å²) in [5.74, 6) is -5.45. The molecule has 4 fully saturated rings. The fourth-order valence-electron chi connectivity index (χ4n) is 10.3. The van der Waals surface area contributed by atoms with E-state index in [1.54, 1.807) is 73.6 Å². The highest BCUT2D eigenvalue weighted by Crippen LogP contribution is 2.74. The van der Waals surface area contributed by atoms with E-state index in [0.717, 1.165) is 38.5 Å². The molecule has 3 amide bonds. The second kappa shape index (κ2) is 30.2. The fourth-order valence-corrected chi connectivity index (χ4v) is 19.0. The Bertz CT molecular complexity index is 3680. The highest BCUT2D eigenvalue weighted by atomic mass is 79.9. The van der Waals surface area contributed by atoms with Gasteiger partial charge in [-0.25, -0.2) is 31.9 Å². The third kappa shape index (κ3) is 18.4. The van der Waals surface area contributed by atoms with Gasteiger partial charge in [-0.15, -0.1) is 13.2 Å². The predicted molar refractivity (Wildman–Crippen MR) is 340 cm³/mol. The summed E-state index contributed by atoms with van der Waals surface area (Å²) in [5, 5.41) is 0.134. The maximum Gasteiger partial charge on any atom is 0.411 e. The summed E-state index contributed by atoms with van der Waals surface area (Å²) in [6, 6.07) is 16.2. The number of methoxy groups -OCH3 is 1. The first-order chi connectivity index (χ1) is 42.8. The van der Waals surface area contributed by atoms with Crippen molar-refractivity contribution in [1.82, 2.24) is 15.1 Å². The second-order valence-electron chi connectivity index (χ2n) is 23.9. The van der Waals surface area contributed by atoms with E-state index in [-0.39, 0.29) is 73.0 Å². The number of benzene rings is 4. The van der Waals surface area contributed by atoms with E-state index >= 15 is 0 Å². The maximum absolute atomic E-state index is 14.7. The molecular formula is C61H76Br2F4N4O17P2S2. The van der Waals surface area contributed by atoms with Gasteiger partial charge >= 0.3 is 18.2 Å². The first-order valence-electron chi connectivity index (χ1n) is 28.9. The smallest absolute Gasteiger partial charge is 0.411 e. The van der Waals surface area contributed by atoms with E-state index < -0.39 is 146 Å². The van der Waals surface area contributed by atoms with Crippen LogP contribution in [0.15, 0.2) is 129 Å². The van der Waals surface area contributed by atoms with Crippen LogP contribution in [-0.2, 0) is 82.9 Å². The van der Waals surface area contributed by atoms with Gasteiger partial charge in [-0.05, 0) is 141 Å². The number of hydrogen-bond donors (Lipinski definition) is 2. The molecule has 0 aromatic heterocycles. The molecule has 4 aromatic carbocycles. The minimum atomic E-state index is -4.28. The van der Waals surface area contributed by atoms with Crippen LogP contribution in [0.5, 0.6) is 0 Å². The van der Waals surface area contributed by atoms with Crippen LogP contribution < -0.4 is 11.1 Å². The molecule has 0 spiro atoms. The monoisotopic (exact) mass is 1500 g/mol. The Hall–Kier alpha value is -5.32. The summed E-state index contributed by atoms with van der Waals surface area (Å²) in [5.41, 5.74) is 3.73. The molecule has 506 valence electrons. The van der Waals surface area contributed by atoms with Gasteiger partial charge in [0.2, 0.25) is 20.6 Å². The van der Waals surface area contributed by atoms with Gasteiger partial charge < -0.3 is 34.3 Å². The van der Waals surface area contributed by atoms with Crippen molar-refractivity contribution >= 4 is 90.9 Å². The molecule has 2 aliphatic heterocycles. The Kier molecular flexibility index (Phi) is 24.8. The summed E-state index contributed by atoms with van der Waals surface area (Å²) < 4.78 is 174. The van der Waals surface area contributed by atoms with Crippen molar-refractivity contribution in [3.8, 4) is 0 Å². The van der Waals surface area contributed by atoms with Gasteiger partial charge in [-0.3, -0.25) is 32.1 Å². The molecule has 2 aliphatic carbocycles. The first kappa shape index (κ1) is 75.7. The number of carbonyl (C=O) groups is 4. The highest BCUT2D eigenvalue weighted by molar-refractivity contribution is 9.10. The number of carbonyl (C=O) groups excluding carboxylic acids is 4. The Balaban J connectivity index is 0.000000242. The minimum Gasteiger partial charge on any atom is -0.467 e. The van der Waals surface area contributed by atoms with Gasteiger partial charge in [-0.2, -0.15) is 16.8 Å². The number of likely N-dealkylation sites (tertiary alicyclic amines) is 2. The summed E-state index contributed by atoms with van der Waals surface area (Å²) in [7, 11) is -14.6. The number of hydrogen-bond acceptors (Lipinski definition) is 18. The molecule has 92 heavy (non-hydrogen) atoms. The van der Waals surface area contributed by atoms with Crippen LogP contribution in [0.1, 0.15) is 92.2 Å². The number of nitrogens with one attached hydrogen (secondary N) is 1. The number of rotatable bonds is 21. The van der Waals surface area contributed by atoms with Crippen molar-refractivity contribution in [1.29, 1.82) is 0 Å². The van der Waals surface area contributed by atoms with Crippen LogP contribution in [0.3, 0.4) is 0 Å². The molecule has 31 heteroatoms. The topological polar surface area (TPSA) is 280 Å². The van der Waals surface area contributed by atoms with Gasteiger partial charge in [0.25, 0.3) is 20.2 Å². The molecular weight excluding hydrogens is 1420 g/mol. The number of halogens is 6. The molecule has 4 aliphatic rings. The SMILES string of the molecule is C=C[C@@H]1C[C@]1(N)P(=O)(Cc1c(F)cccc1F)OCC.C=C[C@@H]1C[C@]1(NC(=O)[C@@H]1C[C@H](OS(=O)(=O)c2ccc(Br)cc2)CN1C(=O)OC(C)(C)C)P(=O)(Cc1c(F)cccc1F)OCC.COC(=O)[C@@H]1C[C@H](OS(=O)(=O)c2ccc(Br)cc2)CN1C(=O)OC(C)(C)C. The molecule has 2 saturated carbocycles. The van der Waals surface area contributed by atoms with Gasteiger partial charge in [-0.1, -0.05) is 56.1 Å². The minimum absolute atomic E-state index is 0.0122. The lowest BCUT2D eigenvalue weighted by Gasteiger charge is -2.32. The number of amides is 3. The van der Waals surface area contributed by atoms with E-state index in [1.807, 2.05) is 0 Å². The van der Waals surface area contributed by atoms with Crippen molar-refractivity contribution in [3.63, 3.8) is 0 Å². The average molecular weight is 1500 g/mol. The van der Waals surface area contributed by atoms with Gasteiger partial charge in [0, 0.05) is 44.7 Å². The molecule has 2 heterocycles. The Morgan fingerprint density at radius 3 is 1.38 bits per heavy atom. The molecule has 3 N–H and O–H groups in total. The Labute approximate surface area is 550 Å². The molecule has 0 radical (unpaired) electrons. The van der Waals surface area contributed by atoms with E-state index in [9.17, 15) is 62.7 Å². The summed E-state index contributed by atoms with van der Waals surface area (Å²) >= 11 is 6.48. The van der Waals surface area contributed by atoms with Crippen LogP contribution in [0.25, 0.3) is 0 Å². The van der Waals surface area contributed by atoms with E-state index in [1.165, 1.54) is 61.7 Å². The molecule has 21 nitrogen and oxygen atoms in total. The van der Waals surface area contributed by atoms with Crippen LogP contribution >= 0.6 is 46.6 Å². The highest BCUT2D eigenvalue weighted by Gasteiger charge is 2.67. The normalized spacial score (nSPS) is 24.0. The van der Waals surface area contributed by atoms with Crippen molar-refractivity contribution < 1.29 is 94.3 Å². The lowest BCUT2D eigenvalue weighted by atomic mass is 10.2. The average Bonchev–Trinajstić information content (AvgIpc) is 1.56. The Morgan fingerprint density at radius 2 is 1.02 bits per heavy atom. The fraction of sp³-hybridized carbons (Fsp3) is 0.475. The molecule has 0 bridgehead atoms. The van der Waals surface area contributed by atoms with Gasteiger partial charge in [0.05, 0.1) is 67.7 Å². The summed E-state index contributed by atoms with van der Waals surface area (Å²) in [6.45, 7) is 20.3. The lowest BCUT2D eigenvalue weighted by molar-refractivity contribution is -0.145. The zero-order chi connectivity index (χ0) is 68.7. The molecule has 4 aromatic rings. The second-order valence-corrected chi connectivity index (χ2v) is 34.4. The van der Waals surface area contributed by atoms with Crippen LogP contribution in [0, 0.1) is 35.1 Å². The zero-order valence-corrected chi connectivity index (χ0v) is 58.7. The van der Waals surface area contributed by atoms with Crippen molar-refractivity contribution in [2.75, 3.05) is 33.4 Å². The predicted octanol–water partition coefficient (Wildman–Crippen LogP) is 12.7. The van der Waals surface area contributed by atoms with E-state index in [4.69, 9.17) is 37.4 Å². The standard InChI is InChI=1S/C30H36BrF2N2O8PS.C17H22BrNO7S.C14H18F2NO2P/c1-6-19-16-30(19,44(38,41-7-2)18-23-24(32)9-8-10-25(23)33)34-27(36)26-15-21(17-35(26)28(37)42-29(3,4)5)43-45(39,40)22-13-11-20(31)12-14-22;1-17(2,3)25-16(21)19-10-12(9-14(19)15(20)24-4)26-27(22,23)13-7-5-11(18)6-8-13;1-3-10-8-14(10,17)20(18,19-4-2)9-11-12(15)6-5-7-13(11)16/h6,8-14,19,21,26H,1,7,15-18H2,2-5H3,(H,34,36);5-8,12,14H,9-10H2,1-4H3;3,5-7,10H,1,4,8-9,17H2,2H3/t19-,21+,26+,30+,44?;12-,14-;10-,14+,20?/m101/s1. The number of ether oxygens (including phenoxy) is 3. The number of nitrogens with zero attached hydrogens (tertiary/aromatic N) is 2. The quantitative estimate of drug-likeness (QED) is 0.0196. The van der Waals surface area contributed by atoms with E-state index in [2.05, 4.69) is 50.3 Å². The zero-order valence-electron chi connectivity index (χ0n) is 52.1. The van der Waals surface area contributed by atoms with Gasteiger partial charge in [0.1, 0.15) is 57.1 Å². The number of esters is 1. The number of nitrogens with two attached hydrogens (primary N) is 1.